The van der Waals surface area contributed by atoms with Gasteiger partial charge in [-0.3, -0.25) is 0 Å². The lowest BCUT2D eigenvalue weighted by molar-refractivity contribution is -0.0244. The van der Waals surface area contributed by atoms with Crippen LogP contribution in [0.15, 0.2) is 30.3 Å². The molecule has 1 heterocycles. The van der Waals surface area contributed by atoms with E-state index >= 15 is 0 Å². The van der Waals surface area contributed by atoms with Crippen molar-refractivity contribution in [2.75, 3.05) is 40.6 Å². The van der Waals surface area contributed by atoms with Gasteiger partial charge < -0.3 is 23.7 Å². The van der Waals surface area contributed by atoms with Crippen molar-refractivity contribution in [2.24, 2.45) is 0 Å². The summed E-state index contributed by atoms with van der Waals surface area (Å²) in [6, 6.07) is 7.92. The Morgan fingerprint density at radius 1 is 0.946 bits per heavy atom. The largest absolute Gasteiger partial charge is 0.497 e. The van der Waals surface area contributed by atoms with Gasteiger partial charge in [-0.15, -0.1) is 0 Å². The number of nitrogens with zero attached hydrogens (tertiary/aromatic N) is 3. The summed E-state index contributed by atoms with van der Waals surface area (Å²) in [4.78, 5) is 52.0. The van der Waals surface area contributed by atoms with Crippen molar-refractivity contribution in [3.05, 3.63) is 35.9 Å². The van der Waals surface area contributed by atoms with Gasteiger partial charge >= 0.3 is 24.4 Å². The quantitative estimate of drug-likeness (QED) is 0.470. The lowest BCUT2D eigenvalue weighted by atomic mass is 9.79. The zero-order valence-electron chi connectivity index (χ0n) is 21.1. The molecule has 2 aromatic carbocycles. The van der Waals surface area contributed by atoms with Crippen molar-refractivity contribution < 1.29 is 42.9 Å². The van der Waals surface area contributed by atoms with E-state index in [1.54, 1.807) is 24.3 Å². The first-order chi connectivity index (χ1) is 17.8. The Labute approximate surface area is 212 Å². The first kappa shape index (κ1) is 25.7. The Balaban J connectivity index is 2.12. The average molecular weight is 517 g/mol. The second-order valence-electron chi connectivity index (χ2n) is 8.39. The van der Waals surface area contributed by atoms with Crippen LogP contribution in [0.1, 0.15) is 24.8 Å². The fourth-order valence-corrected chi connectivity index (χ4v) is 5.34. The second kappa shape index (κ2) is 9.91. The van der Waals surface area contributed by atoms with Crippen LogP contribution in [0.25, 0.3) is 10.8 Å². The second-order valence-corrected chi connectivity index (χ2v) is 8.39. The molecule has 0 bridgehead atoms. The van der Waals surface area contributed by atoms with Crippen LogP contribution in [0, 0.1) is 0 Å². The average Bonchev–Trinajstić information content (AvgIpc) is 3.38. The van der Waals surface area contributed by atoms with Gasteiger partial charge in [-0.2, -0.15) is 5.01 Å². The van der Waals surface area contributed by atoms with Crippen LogP contribution in [0.3, 0.4) is 0 Å². The molecule has 1 N–H and O–H groups in total. The van der Waals surface area contributed by atoms with Crippen molar-refractivity contribution in [2.45, 2.75) is 30.8 Å². The molecule has 1 aliphatic carbocycles. The Morgan fingerprint density at radius 3 is 2.30 bits per heavy atom. The highest BCUT2D eigenvalue weighted by Crippen LogP contribution is 2.55. The van der Waals surface area contributed by atoms with Gasteiger partial charge in [0, 0.05) is 10.9 Å². The van der Waals surface area contributed by atoms with E-state index in [0.29, 0.717) is 41.3 Å². The normalized spacial score (nSPS) is 19.9. The van der Waals surface area contributed by atoms with Crippen LogP contribution in [0.4, 0.5) is 24.9 Å². The number of hydrogen-bond donors (Lipinski definition) is 1. The van der Waals surface area contributed by atoms with E-state index < -0.39 is 36.0 Å². The Hall–Kier alpha value is -4.42. The van der Waals surface area contributed by atoms with E-state index in [4.69, 9.17) is 23.7 Å². The van der Waals surface area contributed by atoms with Crippen LogP contribution in [0.5, 0.6) is 5.75 Å². The smallest absolute Gasteiger partial charge is 0.433 e. The van der Waals surface area contributed by atoms with Gasteiger partial charge in [0.05, 0.1) is 47.3 Å². The summed E-state index contributed by atoms with van der Waals surface area (Å²) < 4.78 is 25.3. The Bertz CT molecular complexity index is 1250. The Kier molecular flexibility index (Phi) is 6.88. The number of rotatable bonds is 2. The summed E-state index contributed by atoms with van der Waals surface area (Å²) in [5.41, 5.74) is 1.86. The molecular formula is C24H28N4O9. The van der Waals surface area contributed by atoms with Gasteiger partial charge in [-0.1, -0.05) is 12.1 Å². The number of nitrogens with one attached hydrogen (secondary N) is 1. The van der Waals surface area contributed by atoms with Crippen LogP contribution >= 0.6 is 0 Å². The highest BCUT2D eigenvalue weighted by atomic mass is 16.6. The van der Waals surface area contributed by atoms with E-state index in [9.17, 15) is 19.2 Å². The fourth-order valence-electron chi connectivity index (χ4n) is 5.34. The van der Waals surface area contributed by atoms with Crippen molar-refractivity contribution in [3.63, 3.8) is 0 Å². The summed E-state index contributed by atoms with van der Waals surface area (Å²) in [5.74, 6) is 0.578. The molecule has 13 heteroatoms. The highest BCUT2D eigenvalue weighted by molar-refractivity contribution is 6.05. The first-order valence-electron chi connectivity index (χ1n) is 11.4. The number of carbonyl (C=O) groups excluding carboxylic acids is 4. The third kappa shape index (κ3) is 3.86. The lowest BCUT2D eigenvalue weighted by Gasteiger charge is -2.53. The molecule has 1 aliphatic heterocycles. The van der Waals surface area contributed by atoms with E-state index in [0.717, 1.165) is 22.1 Å². The van der Waals surface area contributed by atoms with Crippen LogP contribution in [-0.4, -0.2) is 76.0 Å². The molecule has 0 spiro atoms. The number of amides is 4. The summed E-state index contributed by atoms with van der Waals surface area (Å²) in [6.45, 7) is 0. The predicted octanol–water partition coefficient (Wildman–Crippen LogP) is 3.51. The van der Waals surface area contributed by atoms with Crippen LogP contribution in [-0.2, 0) is 24.5 Å². The number of hydrazine groups is 2. The summed E-state index contributed by atoms with van der Waals surface area (Å²) in [5, 5.41) is 4.51. The van der Waals surface area contributed by atoms with E-state index in [1.165, 1.54) is 28.4 Å². The standard InChI is InChI=1S/C24H28N4O9/c1-33-15-9-10-16-14(13-15)8-11-17-19(16)27(22(31)36-4)26(21(30)35-3)18-7-6-12-24(17,18)28(23(32)37-5)25-20(29)34-2/h8-11,13,18H,6-7,12H2,1-5H3,(H,25,29)/t18-,24+/m1/s1. The SMILES string of the molecule is COC(=O)NN(C(=O)OC)[C@]12CCC[C@H]1N(C(=O)OC)N(C(=O)OC)c1c2ccc2cc(OC)ccc12. The summed E-state index contributed by atoms with van der Waals surface area (Å²) in [7, 11) is 6.24. The minimum absolute atomic E-state index is 0.274. The molecule has 0 unspecified atom stereocenters. The van der Waals surface area contributed by atoms with Crippen LogP contribution in [0.2, 0.25) is 0 Å². The molecule has 2 atom stereocenters. The molecule has 0 aromatic heterocycles. The number of anilines is 1. The van der Waals surface area contributed by atoms with Gasteiger partial charge in [0.2, 0.25) is 0 Å². The van der Waals surface area contributed by atoms with Gasteiger partial charge in [0.15, 0.2) is 0 Å². The fraction of sp³-hybridized carbons (Fsp3) is 0.417. The van der Waals surface area contributed by atoms with Crippen molar-refractivity contribution in [1.29, 1.82) is 0 Å². The van der Waals surface area contributed by atoms with Gasteiger partial charge in [0.1, 0.15) is 11.3 Å². The molecular weight excluding hydrogens is 488 g/mol. The van der Waals surface area contributed by atoms with Crippen LogP contribution < -0.4 is 15.2 Å². The summed E-state index contributed by atoms with van der Waals surface area (Å²) in [6.07, 6.45) is -2.31. The molecule has 2 aromatic rings. The van der Waals surface area contributed by atoms with E-state index in [2.05, 4.69) is 5.43 Å². The van der Waals surface area contributed by atoms with Crippen molar-refractivity contribution in [3.8, 4) is 5.75 Å². The maximum Gasteiger partial charge on any atom is 0.433 e. The van der Waals surface area contributed by atoms with E-state index in [1.807, 2.05) is 6.07 Å². The van der Waals surface area contributed by atoms with Crippen molar-refractivity contribution in [1.82, 2.24) is 15.4 Å². The third-order valence-electron chi connectivity index (χ3n) is 6.83. The predicted molar refractivity (Wildman–Crippen MR) is 129 cm³/mol. The molecule has 4 amide bonds. The molecule has 4 rings (SSSR count). The number of benzene rings is 2. The maximum atomic E-state index is 13.3. The molecule has 1 saturated carbocycles. The van der Waals surface area contributed by atoms with Gasteiger partial charge in [-0.05, 0) is 42.8 Å². The van der Waals surface area contributed by atoms with Crippen molar-refractivity contribution >= 4 is 40.8 Å². The Morgan fingerprint density at radius 2 is 1.68 bits per heavy atom. The molecule has 198 valence electrons. The number of hydrogen-bond acceptors (Lipinski definition) is 9. The number of ether oxygens (including phenoxy) is 5. The first-order valence-corrected chi connectivity index (χ1v) is 11.4. The number of carbonyl (C=O) groups is 4. The maximum absolute atomic E-state index is 13.3. The highest BCUT2D eigenvalue weighted by Gasteiger charge is 2.62. The minimum Gasteiger partial charge on any atom is -0.497 e. The van der Waals surface area contributed by atoms with E-state index in [-0.39, 0.29) is 5.69 Å². The zero-order valence-corrected chi connectivity index (χ0v) is 21.1. The molecule has 13 nitrogen and oxygen atoms in total. The molecule has 0 saturated heterocycles. The minimum atomic E-state index is -1.36. The molecule has 1 fully saturated rings. The zero-order chi connectivity index (χ0) is 26.9. The lowest BCUT2D eigenvalue weighted by Crippen LogP contribution is -2.71. The molecule has 2 aliphatic rings. The monoisotopic (exact) mass is 516 g/mol. The number of methoxy groups -OCH3 is 5. The third-order valence-corrected chi connectivity index (χ3v) is 6.83. The van der Waals surface area contributed by atoms with Gasteiger partial charge in [0.25, 0.3) is 0 Å². The van der Waals surface area contributed by atoms with Gasteiger partial charge in [-0.25, -0.2) is 34.6 Å². The summed E-state index contributed by atoms with van der Waals surface area (Å²) >= 11 is 0. The molecule has 37 heavy (non-hydrogen) atoms. The molecule has 0 radical (unpaired) electrons. The number of fused-ring (bicyclic) bond motifs is 5. The topological polar surface area (TPSA) is 136 Å².